The molecule has 0 bridgehead atoms. The van der Waals surface area contributed by atoms with Gasteiger partial charge >= 0.3 is 0 Å². The molecule has 1 aromatic rings. The molecule has 2 heteroatoms. The lowest BCUT2D eigenvalue weighted by molar-refractivity contribution is -0.110. The van der Waals surface area contributed by atoms with Crippen LogP contribution in [-0.4, -0.2) is 6.29 Å². The van der Waals surface area contributed by atoms with E-state index in [-0.39, 0.29) is 11.7 Å². The highest BCUT2D eigenvalue weighted by Crippen LogP contribution is 2.14. The van der Waals surface area contributed by atoms with Crippen LogP contribution in [0.1, 0.15) is 24.5 Å². The van der Waals surface area contributed by atoms with Gasteiger partial charge in [0, 0.05) is 5.92 Å². The van der Waals surface area contributed by atoms with Gasteiger partial charge in [-0.2, -0.15) is 0 Å². The largest absolute Gasteiger partial charge is 0.303 e. The number of hydrogen-bond acceptors (Lipinski definition) is 1. The van der Waals surface area contributed by atoms with Crippen LogP contribution in [0.15, 0.2) is 18.2 Å². The van der Waals surface area contributed by atoms with Crippen molar-refractivity contribution < 1.29 is 9.18 Å². The predicted octanol–water partition coefficient (Wildman–Crippen LogP) is 2.90. The fourth-order valence-electron chi connectivity index (χ4n) is 1.39. The van der Waals surface area contributed by atoms with Crippen LogP contribution in [-0.2, 0) is 11.2 Å². The van der Waals surface area contributed by atoms with Gasteiger partial charge in [0.1, 0.15) is 12.1 Å². The first-order chi connectivity index (χ1) is 6.63. The van der Waals surface area contributed by atoms with Crippen molar-refractivity contribution in [3.8, 4) is 0 Å². The quantitative estimate of drug-likeness (QED) is 0.673. The van der Waals surface area contributed by atoms with Crippen LogP contribution < -0.4 is 0 Å². The maximum atomic E-state index is 12.8. The fraction of sp³-hybridized carbons (Fsp3) is 0.417. The van der Waals surface area contributed by atoms with Crippen LogP contribution in [0.3, 0.4) is 0 Å². The molecular formula is C12H15FO. The molecule has 0 aliphatic carbocycles. The number of benzene rings is 1. The van der Waals surface area contributed by atoms with Crippen molar-refractivity contribution in [2.24, 2.45) is 5.92 Å². The molecular weight excluding hydrogens is 179 g/mol. The van der Waals surface area contributed by atoms with Gasteiger partial charge in [0.25, 0.3) is 0 Å². The monoisotopic (exact) mass is 194 g/mol. The number of hydrogen-bond donors (Lipinski definition) is 0. The lowest BCUT2D eigenvalue weighted by Crippen LogP contribution is -1.99. The van der Waals surface area contributed by atoms with E-state index >= 15 is 0 Å². The summed E-state index contributed by atoms with van der Waals surface area (Å²) in [5, 5.41) is 0. The Morgan fingerprint density at radius 2 is 2.21 bits per heavy atom. The van der Waals surface area contributed by atoms with E-state index in [1.807, 2.05) is 13.8 Å². The molecule has 0 fully saturated rings. The van der Waals surface area contributed by atoms with Crippen molar-refractivity contribution >= 4 is 6.29 Å². The van der Waals surface area contributed by atoms with Gasteiger partial charge in [-0.15, -0.1) is 0 Å². The zero-order valence-corrected chi connectivity index (χ0v) is 8.59. The van der Waals surface area contributed by atoms with Crippen LogP contribution >= 0.6 is 0 Å². The third-order valence-electron chi connectivity index (χ3n) is 2.41. The van der Waals surface area contributed by atoms with Gasteiger partial charge in [-0.3, -0.25) is 0 Å². The molecule has 1 unspecified atom stereocenters. The molecule has 14 heavy (non-hydrogen) atoms. The van der Waals surface area contributed by atoms with Gasteiger partial charge < -0.3 is 4.79 Å². The molecule has 0 spiro atoms. The second-order valence-corrected chi connectivity index (χ2v) is 3.72. The minimum atomic E-state index is -0.199. The van der Waals surface area contributed by atoms with Crippen molar-refractivity contribution in [2.75, 3.05) is 0 Å². The Hall–Kier alpha value is -1.18. The predicted molar refractivity (Wildman–Crippen MR) is 54.7 cm³/mol. The van der Waals surface area contributed by atoms with Crippen LogP contribution in [0.5, 0.6) is 0 Å². The third-order valence-corrected chi connectivity index (χ3v) is 2.41. The number of carbonyl (C=O) groups is 1. The van der Waals surface area contributed by atoms with Crippen molar-refractivity contribution in [3.05, 3.63) is 35.1 Å². The zero-order chi connectivity index (χ0) is 10.6. The molecule has 0 aliphatic heterocycles. The van der Waals surface area contributed by atoms with Gasteiger partial charge in [0.15, 0.2) is 0 Å². The number of aryl methyl sites for hydroxylation is 2. The molecule has 0 heterocycles. The Kier molecular flexibility index (Phi) is 3.81. The maximum absolute atomic E-state index is 12.8. The summed E-state index contributed by atoms with van der Waals surface area (Å²) in [6.45, 7) is 3.79. The third kappa shape index (κ3) is 2.95. The molecule has 76 valence electrons. The van der Waals surface area contributed by atoms with E-state index in [0.717, 1.165) is 30.3 Å². The van der Waals surface area contributed by atoms with E-state index < -0.39 is 0 Å². The Morgan fingerprint density at radius 3 is 2.79 bits per heavy atom. The summed E-state index contributed by atoms with van der Waals surface area (Å²) >= 11 is 0. The van der Waals surface area contributed by atoms with E-state index in [1.165, 1.54) is 12.1 Å². The second-order valence-electron chi connectivity index (χ2n) is 3.72. The summed E-state index contributed by atoms with van der Waals surface area (Å²) in [7, 11) is 0. The number of rotatable bonds is 4. The molecule has 0 saturated heterocycles. The molecule has 0 aromatic heterocycles. The van der Waals surface area contributed by atoms with Crippen molar-refractivity contribution in [3.63, 3.8) is 0 Å². The summed E-state index contributed by atoms with van der Waals surface area (Å²) in [5.74, 6) is -0.117. The average molecular weight is 194 g/mol. The van der Waals surface area contributed by atoms with E-state index in [2.05, 4.69) is 0 Å². The summed E-state index contributed by atoms with van der Waals surface area (Å²) in [6, 6.07) is 4.79. The molecule has 0 radical (unpaired) electrons. The van der Waals surface area contributed by atoms with E-state index in [4.69, 9.17) is 0 Å². The lowest BCUT2D eigenvalue weighted by Gasteiger charge is -2.06. The summed E-state index contributed by atoms with van der Waals surface area (Å²) in [6.07, 6.45) is 2.63. The Morgan fingerprint density at radius 1 is 1.50 bits per heavy atom. The normalized spacial score (nSPS) is 12.5. The first-order valence-corrected chi connectivity index (χ1v) is 4.84. The van der Waals surface area contributed by atoms with Gasteiger partial charge in [-0.05, 0) is 43.0 Å². The van der Waals surface area contributed by atoms with E-state index in [1.54, 1.807) is 6.07 Å². The first-order valence-electron chi connectivity index (χ1n) is 4.84. The molecule has 1 aromatic carbocycles. The second kappa shape index (κ2) is 4.89. The summed E-state index contributed by atoms with van der Waals surface area (Å²) in [5.41, 5.74) is 2.09. The molecule has 1 atom stereocenters. The van der Waals surface area contributed by atoms with Crippen LogP contribution in [0.4, 0.5) is 4.39 Å². The molecule has 1 nitrogen and oxygen atoms in total. The van der Waals surface area contributed by atoms with Crippen molar-refractivity contribution in [2.45, 2.75) is 26.7 Å². The Labute approximate surface area is 83.9 Å². The van der Waals surface area contributed by atoms with Gasteiger partial charge in [-0.25, -0.2) is 4.39 Å². The number of carbonyl (C=O) groups excluding carboxylic acids is 1. The topological polar surface area (TPSA) is 17.1 Å². The van der Waals surface area contributed by atoms with Crippen molar-refractivity contribution in [1.82, 2.24) is 0 Å². The van der Waals surface area contributed by atoms with Crippen LogP contribution in [0.25, 0.3) is 0 Å². The minimum absolute atomic E-state index is 0.0828. The molecule has 0 saturated carbocycles. The first kappa shape index (κ1) is 10.9. The SMILES string of the molecule is Cc1cc(F)ccc1CCC(C)C=O. The highest BCUT2D eigenvalue weighted by molar-refractivity contribution is 5.52. The molecule has 0 N–H and O–H groups in total. The maximum Gasteiger partial charge on any atom is 0.123 e. The minimum Gasteiger partial charge on any atom is -0.303 e. The summed E-state index contributed by atoms with van der Waals surface area (Å²) in [4.78, 5) is 10.4. The smallest absolute Gasteiger partial charge is 0.123 e. The van der Waals surface area contributed by atoms with Gasteiger partial charge in [0.2, 0.25) is 0 Å². The fourth-order valence-corrected chi connectivity index (χ4v) is 1.39. The standard InChI is InChI=1S/C12H15FO/c1-9(8-14)3-4-11-5-6-12(13)7-10(11)2/h5-9H,3-4H2,1-2H3. The van der Waals surface area contributed by atoms with Gasteiger partial charge in [-0.1, -0.05) is 13.0 Å². The highest BCUT2D eigenvalue weighted by atomic mass is 19.1. The Bertz CT molecular complexity index is 320. The van der Waals surface area contributed by atoms with Crippen LogP contribution in [0, 0.1) is 18.7 Å². The molecule has 1 rings (SSSR count). The number of halogens is 1. The molecule has 0 aliphatic rings. The number of aldehydes is 1. The Balaban J connectivity index is 2.63. The summed E-state index contributed by atoms with van der Waals surface area (Å²) < 4.78 is 12.8. The molecule has 0 amide bonds. The van der Waals surface area contributed by atoms with Crippen molar-refractivity contribution in [1.29, 1.82) is 0 Å². The average Bonchev–Trinajstić information content (AvgIpc) is 2.16. The van der Waals surface area contributed by atoms with Gasteiger partial charge in [0.05, 0.1) is 0 Å². The highest BCUT2D eigenvalue weighted by Gasteiger charge is 2.03. The lowest BCUT2D eigenvalue weighted by atomic mass is 9.99. The zero-order valence-electron chi connectivity index (χ0n) is 8.59. The van der Waals surface area contributed by atoms with E-state index in [9.17, 15) is 9.18 Å². The van der Waals surface area contributed by atoms with E-state index in [0.29, 0.717) is 0 Å². The van der Waals surface area contributed by atoms with Crippen LogP contribution in [0.2, 0.25) is 0 Å².